The van der Waals surface area contributed by atoms with Gasteiger partial charge in [-0.05, 0) is 25.5 Å². The van der Waals surface area contributed by atoms with E-state index in [2.05, 4.69) is 16.0 Å². The number of morpholine rings is 1. The first-order valence-electron chi connectivity index (χ1n) is 9.06. The first kappa shape index (κ1) is 23.0. The van der Waals surface area contributed by atoms with Gasteiger partial charge in [0.05, 0.1) is 24.7 Å². The maximum atomic E-state index is 13.6. The van der Waals surface area contributed by atoms with Crippen LogP contribution in [0.2, 0.25) is 0 Å². The highest BCUT2D eigenvalue weighted by Gasteiger charge is 2.27. The number of aromatic nitrogens is 1. The number of ether oxygens (including phenoxy) is 1. The number of rotatable bonds is 5. The van der Waals surface area contributed by atoms with Crippen LogP contribution in [0.25, 0.3) is 0 Å². The van der Waals surface area contributed by atoms with E-state index in [1.807, 2.05) is 18.7 Å². The fraction of sp³-hybridized carbons (Fsp3) is 0.474. The molecule has 1 saturated heterocycles. The van der Waals surface area contributed by atoms with Crippen molar-refractivity contribution in [2.75, 3.05) is 31.2 Å². The van der Waals surface area contributed by atoms with Crippen LogP contribution in [-0.2, 0) is 10.2 Å². The lowest BCUT2D eigenvalue weighted by Gasteiger charge is -2.30. The smallest absolute Gasteiger partial charge is 0.180 e. The Balaban J connectivity index is 0.00000190. The van der Waals surface area contributed by atoms with E-state index in [9.17, 15) is 9.65 Å². The quantitative estimate of drug-likeness (QED) is 0.522. The molecule has 0 saturated carbocycles. The number of nitrogens with zero attached hydrogens (tertiary/aromatic N) is 4. The maximum absolute atomic E-state index is 13.6. The van der Waals surface area contributed by atoms with Gasteiger partial charge in [-0.2, -0.15) is 5.26 Å². The second-order valence-electron chi connectivity index (χ2n) is 6.26. The van der Waals surface area contributed by atoms with Crippen molar-refractivity contribution in [1.29, 1.82) is 10.7 Å². The summed E-state index contributed by atoms with van der Waals surface area (Å²) in [6, 6.07) is 3.98. The van der Waals surface area contributed by atoms with Gasteiger partial charge in [0.25, 0.3) is 0 Å². The summed E-state index contributed by atoms with van der Waals surface area (Å²) in [6.07, 6.45) is 1.75. The van der Waals surface area contributed by atoms with E-state index in [0.29, 0.717) is 49.4 Å². The van der Waals surface area contributed by atoms with Gasteiger partial charge in [0.15, 0.2) is 17.5 Å². The van der Waals surface area contributed by atoms with Crippen LogP contribution < -0.4 is 16.4 Å². The zero-order valence-corrected chi connectivity index (χ0v) is 16.8. The third-order valence-electron chi connectivity index (χ3n) is 4.07. The Morgan fingerprint density at radius 3 is 2.54 bits per heavy atom. The number of hydrogen-bond donors (Lipinski definition) is 3. The number of pyridine rings is 1. The van der Waals surface area contributed by atoms with Gasteiger partial charge in [0, 0.05) is 31.1 Å². The van der Waals surface area contributed by atoms with Crippen molar-refractivity contribution in [3.05, 3.63) is 29.2 Å². The number of nitrogens with one attached hydrogen (secondary N) is 1. The van der Waals surface area contributed by atoms with E-state index in [4.69, 9.17) is 21.6 Å². The molecule has 0 radical (unpaired) electrons. The normalized spacial score (nSPS) is 15.4. The lowest BCUT2D eigenvalue weighted by molar-refractivity contribution is 0.122. The van der Waals surface area contributed by atoms with Crippen molar-refractivity contribution in [3.8, 4) is 6.07 Å². The number of hydrogen-bond acceptors (Lipinski definition) is 7. The molecule has 1 aromatic heterocycles. The average Bonchev–Trinajstić information content (AvgIpc) is 2.74. The Labute approximate surface area is 165 Å². The van der Waals surface area contributed by atoms with Crippen molar-refractivity contribution >= 4 is 23.7 Å². The third kappa shape index (κ3) is 5.27. The SMILES string of the molecule is CC.CC(C)(C#N)c1cc(N2CCOCC2)nc(/N=C(N)\C(F)=C/N)c1C=N. The zero-order valence-electron chi connectivity index (χ0n) is 16.8. The minimum Gasteiger partial charge on any atom is -0.402 e. The molecule has 0 bridgehead atoms. The minimum atomic E-state index is -0.905. The monoisotopic (exact) mass is 389 g/mol. The summed E-state index contributed by atoms with van der Waals surface area (Å²) < 4.78 is 19.0. The molecular formula is C19H28FN7O. The molecule has 1 fully saturated rings. The van der Waals surface area contributed by atoms with Gasteiger partial charge in [-0.3, -0.25) is 0 Å². The lowest BCUT2D eigenvalue weighted by atomic mass is 9.83. The van der Waals surface area contributed by atoms with E-state index >= 15 is 0 Å². The molecule has 28 heavy (non-hydrogen) atoms. The number of anilines is 1. The van der Waals surface area contributed by atoms with E-state index in [0.717, 1.165) is 6.21 Å². The molecule has 5 N–H and O–H groups in total. The van der Waals surface area contributed by atoms with Crippen molar-refractivity contribution in [2.24, 2.45) is 16.5 Å². The zero-order chi connectivity index (χ0) is 21.3. The van der Waals surface area contributed by atoms with Crippen LogP contribution >= 0.6 is 0 Å². The summed E-state index contributed by atoms with van der Waals surface area (Å²) in [4.78, 5) is 10.4. The largest absolute Gasteiger partial charge is 0.402 e. The van der Waals surface area contributed by atoms with Gasteiger partial charge in [-0.1, -0.05) is 13.8 Å². The lowest BCUT2D eigenvalue weighted by Crippen LogP contribution is -2.37. The standard InChI is InChI=1S/C17H22FN7O.C2H6/c1-17(2,10-21)12-7-14(25-3-5-26-6-4-25)23-16(11(12)8-19)24-15(22)13(18)9-20;1-2/h7-9,19H,3-6,20H2,1-2H3,(H2,22,23,24);1-2H3/b13-9+,19-8?;. The number of nitriles is 1. The Hall–Kier alpha value is -2.99. The Morgan fingerprint density at radius 1 is 1.43 bits per heavy atom. The second-order valence-corrected chi connectivity index (χ2v) is 6.26. The summed E-state index contributed by atoms with van der Waals surface area (Å²) in [5.74, 6) is -0.693. The van der Waals surface area contributed by atoms with E-state index in [-0.39, 0.29) is 5.82 Å². The van der Waals surface area contributed by atoms with Gasteiger partial charge < -0.3 is 26.5 Å². The molecule has 2 heterocycles. The second kappa shape index (κ2) is 10.4. The molecule has 0 amide bonds. The van der Waals surface area contributed by atoms with Gasteiger partial charge in [0.1, 0.15) is 5.82 Å². The highest BCUT2D eigenvalue weighted by molar-refractivity contribution is 5.98. The van der Waals surface area contributed by atoms with Gasteiger partial charge in [-0.15, -0.1) is 0 Å². The minimum absolute atomic E-state index is 0.0665. The van der Waals surface area contributed by atoms with E-state index < -0.39 is 17.1 Å². The van der Waals surface area contributed by atoms with Gasteiger partial charge >= 0.3 is 0 Å². The van der Waals surface area contributed by atoms with Crippen LogP contribution in [0.5, 0.6) is 0 Å². The molecule has 1 aromatic rings. The summed E-state index contributed by atoms with van der Waals surface area (Å²) in [6.45, 7) is 9.82. The Morgan fingerprint density at radius 2 is 2.04 bits per heavy atom. The molecule has 0 unspecified atom stereocenters. The van der Waals surface area contributed by atoms with E-state index in [1.54, 1.807) is 19.9 Å². The number of aliphatic imine (C=N–C) groups is 1. The van der Waals surface area contributed by atoms with Crippen LogP contribution in [0.4, 0.5) is 16.0 Å². The first-order chi connectivity index (χ1) is 13.3. The topological polar surface area (TPSA) is 137 Å². The summed E-state index contributed by atoms with van der Waals surface area (Å²) in [7, 11) is 0. The van der Waals surface area contributed by atoms with Crippen LogP contribution in [0.1, 0.15) is 38.8 Å². The number of halogens is 1. The molecule has 152 valence electrons. The molecule has 8 nitrogen and oxygen atoms in total. The molecule has 2 rings (SSSR count). The predicted molar refractivity (Wildman–Crippen MR) is 110 cm³/mol. The fourth-order valence-corrected chi connectivity index (χ4v) is 2.54. The molecule has 0 aromatic carbocycles. The highest BCUT2D eigenvalue weighted by atomic mass is 19.1. The van der Waals surface area contributed by atoms with E-state index in [1.165, 1.54) is 0 Å². The van der Waals surface area contributed by atoms with Crippen molar-refractivity contribution in [2.45, 2.75) is 33.1 Å². The average molecular weight is 389 g/mol. The molecular weight excluding hydrogens is 361 g/mol. The van der Waals surface area contributed by atoms with Crippen LogP contribution in [0, 0.1) is 16.7 Å². The molecule has 0 atom stereocenters. The summed E-state index contributed by atoms with van der Waals surface area (Å²) in [5, 5.41) is 17.3. The van der Waals surface area contributed by atoms with Crippen molar-refractivity contribution in [1.82, 2.24) is 4.98 Å². The summed E-state index contributed by atoms with van der Waals surface area (Å²) in [5.41, 5.74) is 10.7. The number of nitrogens with two attached hydrogens (primary N) is 2. The molecule has 1 aliphatic rings. The third-order valence-corrected chi connectivity index (χ3v) is 4.07. The molecule has 1 aliphatic heterocycles. The highest BCUT2D eigenvalue weighted by Crippen LogP contribution is 2.33. The van der Waals surface area contributed by atoms with Crippen LogP contribution in [0.3, 0.4) is 0 Å². The van der Waals surface area contributed by atoms with Crippen LogP contribution in [-0.4, -0.2) is 43.3 Å². The van der Waals surface area contributed by atoms with Gasteiger partial charge in [0.2, 0.25) is 0 Å². The fourth-order valence-electron chi connectivity index (χ4n) is 2.54. The van der Waals surface area contributed by atoms with Gasteiger partial charge in [-0.25, -0.2) is 14.4 Å². The predicted octanol–water partition coefficient (Wildman–Crippen LogP) is 2.50. The maximum Gasteiger partial charge on any atom is 0.180 e. The first-order valence-corrected chi connectivity index (χ1v) is 9.06. The van der Waals surface area contributed by atoms with Crippen molar-refractivity contribution in [3.63, 3.8) is 0 Å². The van der Waals surface area contributed by atoms with Crippen molar-refractivity contribution < 1.29 is 9.13 Å². The Kier molecular flexibility index (Phi) is 8.54. The van der Waals surface area contributed by atoms with Crippen LogP contribution in [0.15, 0.2) is 23.1 Å². The number of amidine groups is 1. The molecule has 9 heteroatoms. The summed E-state index contributed by atoms with van der Waals surface area (Å²) >= 11 is 0. The molecule has 0 aliphatic carbocycles. The molecule has 0 spiro atoms. The Bertz CT molecular complexity index is 790.